The lowest BCUT2D eigenvalue weighted by Crippen LogP contribution is -1.99. The van der Waals surface area contributed by atoms with Gasteiger partial charge < -0.3 is 0 Å². The van der Waals surface area contributed by atoms with Crippen molar-refractivity contribution >= 4 is 10.9 Å². The molecule has 0 atom stereocenters. The molecule has 4 nitrogen and oxygen atoms in total. The first-order valence-electron chi connectivity index (χ1n) is 7.25. The second-order valence-electron chi connectivity index (χ2n) is 5.13. The van der Waals surface area contributed by atoms with Gasteiger partial charge in [-0.05, 0) is 24.3 Å². The van der Waals surface area contributed by atoms with Gasteiger partial charge >= 0.3 is 0 Å². The number of fused-ring (bicyclic) bond motifs is 1. The van der Waals surface area contributed by atoms with Crippen molar-refractivity contribution < 1.29 is 0 Å². The summed E-state index contributed by atoms with van der Waals surface area (Å²) in [5, 5.41) is 10.4. The summed E-state index contributed by atoms with van der Waals surface area (Å²) < 4.78 is 1.98. The molecule has 0 saturated carbocycles. The fraction of sp³-hybridized carbons (Fsp3) is 0. The minimum absolute atomic E-state index is 0.605. The Morgan fingerprint density at radius 1 is 0.870 bits per heavy atom. The zero-order valence-corrected chi connectivity index (χ0v) is 12.2. The van der Waals surface area contributed by atoms with Gasteiger partial charge in [-0.25, -0.2) is 4.98 Å². The lowest BCUT2D eigenvalue weighted by atomic mass is 10.1. The molecule has 0 aliphatic carbocycles. The first-order chi connectivity index (χ1) is 11.4. The summed E-state index contributed by atoms with van der Waals surface area (Å²) in [5.74, 6) is 0.736. The van der Waals surface area contributed by atoms with Crippen LogP contribution in [0.2, 0.25) is 0 Å². The Balaban J connectivity index is 1.99. The molecular formula is C19H12N4. The van der Waals surface area contributed by atoms with Gasteiger partial charge in [0, 0.05) is 29.5 Å². The Morgan fingerprint density at radius 3 is 2.65 bits per heavy atom. The summed E-state index contributed by atoms with van der Waals surface area (Å²) in [6.45, 7) is 0. The van der Waals surface area contributed by atoms with Crippen molar-refractivity contribution in [1.82, 2.24) is 14.5 Å². The van der Waals surface area contributed by atoms with Crippen LogP contribution >= 0.6 is 0 Å². The van der Waals surface area contributed by atoms with Crippen molar-refractivity contribution in [2.24, 2.45) is 0 Å². The molecule has 4 heteroatoms. The fourth-order valence-electron chi connectivity index (χ4n) is 2.76. The number of nitrogens with zero attached hydrogens (tertiary/aromatic N) is 4. The quantitative estimate of drug-likeness (QED) is 0.562. The van der Waals surface area contributed by atoms with Crippen LogP contribution in [0.4, 0.5) is 0 Å². The van der Waals surface area contributed by atoms with Crippen LogP contribution in [-0.4, -0.2) is 14.5 Å². The number of aromatic nitrogens is 3. The molecule has 0 unspecified atom stereocenters. The summed E-state index contributed by atoms with van der Waals surface area (Å²) in [6.07, 6.45) is 5.42. The van der Waals surface area contributed by atoms with Gasteiger partial charge in [0.1, 0.15) is 5.82 Å². The molecule has 2 aromatic heterocycles. The van der Waals surface area contributed by atoms with Gasteiger partial charge in [-0.15, -0.1) is 0 Å². The SMILES string of the molecule is N#Cc1ccccc1-c1nccn1-c1cccc2cccnc12. The highest BCUT2D eigenvalue weighted by Crippen LogP contribution is 2.27. The molecular weight excluding hydrogens is 284 g/mol. The number of pyridine rings is 1. The Hall–Kier alpha value is -3.45. The van der Waals surface area contributed by atoms with Crippen LogP contribution in [0.25, 0.3) is 28.0 Å². The number of para-hydroxylation sites is 1. The van der Waals surface area contributed by atoms with E-state index in [1.807, 2.05) is 59.3 Å². The highest BCUT2D eigenvalue weighted by molar-refractivity contribution is 5.87. The highest BCUT2D eigenvalue weighted by atomic mass is 15.1. The van der Waals surface area contributed by atoms with Crippen LogP contribution in [0.1, 0.15) is 5.56 Å². The molecule has 2 aromatic carbocycles. The maximum absolute atomic E-state index is 9.35. The standard InChI is InChI=1S/C19H12N4/c20-13-15-5-1-2-8-16(15)19-22-11-12-23(19)17-9-3-6-14-7-4-10-21-18(14)17/h1-12H. The zero-order valence-electron chi connectivity index (χ0n) is 12.2. The predicted molar refractivity (Wildman–Crippen MR) is 89.0 cm³/mol. The Labute approximate surface area is 133 Å². The molecule has 0 bridgehead atoms. The Morgan fingerprint density at radius 2 is 1.74 bits per heavy atom. The maximum atomic E-state index is 9.35. The van der Waals surface area contributed by atoms with E-state index in [2.05, 4.69) is 16.0 Å². The van der Waals surface area contributed by atoms with E-state index in [1.165, 1.54) is 0 Å². The van der Waals surface area contributed by atoms with Crippen molar-refractivity contribution in [2.45, 2.75) is 0 Å². The Kier molecular flexibility index (Phi) is 3.10. The number of hydrogen-bond acceptors (Lipinski definition) is 3. The molecule has 2 heterocycles. The van der Waals surface area contributed by atoms with Gasteiger partial charge in [-0.3, -0.25) is 9.55 Å². The number of rotatable bonds is 2. The molecule has 4 aromatic rings. The van der Waals surface area contributed by atoms with E-state index in [9.17, 15) is 5.26 Å². The van der Waals surface area contributed by atoms with E-state index in [1.54, 1.807) is 18.5 Å². The van der Waals surface area contributed by atoms with Gasteiger partial charge in [0.05, 0.1) is 22.8 Å². The van der Waals surface area contributed by atoms with Crippen LogP contribution in [0.15, 0.2) is 73.2 Å². The van der Waals surface area contributed by atoms with Crippen molar-refractivity contribution in [3.05, 3.63) is 78.8 Å². The third kappa shape index (κ3) is 2.16. The summed E-state index contributed by atoms with van der Waals surface area (Å²) in [4.78, 5) is 8.96. The molecule has 0 spiro atoms. The summed E-state index contributed by atoms with van der Waals surface area (Å²) in [7, 11) is 0. The average molecular weight is 296 g/mol. The zero-order chi connectivity index (χ0) is 15.6. The minimum Gasteiger partial charge on any atom is -0.298 e. The summed E-state index contributed by atoms with van der Waals surface area (Å²) in [5.41, 5.74) is 3.27. The van der Waals surface area contributed by atoms with Crippen LogP contribution < -0.4 is 0 Å². The van der Waals surface area contributed by atoms with E-state index < -0.39 is 0 Å². The lowest BCUT2D eigenvalue weighted by molar-refractivity contribution is 1.07. The first kappa shape index (κ1) is 13.2. The van der Waals surface area contributed by atoms with Gasteiger partial charge in [0.2, 0.25) is 0 Å². The van der Waals surface area contributed by atoms with Gasteiger partial charge in [0.25, 0.3) is 0 Å². The molecule has 23 heavy (non-hydrogen) atoms. The van der Waals surface area contributed by atoms with Crippen LogP contribution in [0, 0.1) is 11.3 Å². The van der Waals surface area contributed by atoms with Crippen molar-refractivity contribution in [1.29, 1.82) is 5.26 Å². The van der Waals surface area contributed by atoms with Gasteiger partial charge in [0.15, 0.2) is 0 Å². The smallest absolute Gasteiger partial charge is 0.145 e. The normalized spacial score (nSPS) is 10.6. The Bertz CT molecular complexity index is 1040. The highest BCUT2D eigenvalue weighted by Gasteiger charge is 2.13. The minimum atomic E-state index is 0.605. The monoisotopic (exact) mass is 296 g/mol. The number of benzene rings is 2. The molecule has 0 saturated heterocycles. The third-order valence-electron chi connectivity index (χ3n) is 3.80. The fourth-order valence-corrected chi connectivity index (χ4v) is 2.76. The van der Waals surface area contributed by atoms with E-state index in [0.717, 1.165) is 28.0 Å². The summed E-state index contributed by atoms with van der Waals surface area (Å²) >= 11 is 0. The van der Waals surface area contributed by atoms with Crippen molar-refractivity contribution in [3.63, 3.8) is 0 Å². The molecule has 0 N–H and O–H groups in total. The molecule has 0 aliphatic heterocycles. The lowest BCUT2D eigenvalue weighted by Gasteiger charge is -2.11. The van der Waals surface area contributed by atoms with Crippen molar-refractivity contribution in [2.75, 3.05) is 0 Å². The molecule has 0 amide bonds. The van der Waals surface area contributed by atoms with Crippen LogP contribution in [0.5, 0.6) is 0 Å². The summed E-state index contributed by atoms with van der Waals surface area (Å²) in [6, 6.07) is 19.7. The molecule has 0 fully saturated rings. The number of imidazole rings is 1. The average Bonchev–Trinajstić information content (AvgIpc) is 3.10. The van der Waals surface area contributed by atoms with E-state index in [-0.39, 0.29) is 0 Å². The van der Waals surface area contributed by atoms with Crippen LogP contribution in [-0.2, 0) is 0 Å². The number of nitriles is 1. The molecule has 108 valence electrons. The van der Waals surface area contributed by atoms with E-state index >= 15 is 0 Å². The topological polar surface area (TPSA) is 54.5 Å². The second kappa shape index (κ2) is 5.39. The van der Waals surface area contributed by atoms with Crippen molar-refractivity contribution in [3.8, 4) is 23.1 Å². The van der Waals surface area contributed by atoms with E-state index in [0.29, 0.717) is 5.56 Å². The number of hydrogen-bond donors (Lipinski definition) is 0. The molecule has 0 aliphatic rings. The maximum Gasteiger partial charge on any atom is 0.145 e. The van der Waals surface area contributed by atoms with Gasteiger partial charge in [-0.1, -0.05) is 30.3 Å². The molecule has 0 radical (unpaired) electrons. The van der Waals surface area contributed by atoms with E-state index in [4.69, 9.17) is 0 Å². The predicted octanol–water partition coefficient (Wildman–Crippen LogP) is 3.96. The first-order valence-corrected chi connectivity index (χ1v) is 7.25. The van der Waals surface area contributed by atoms with Crippen LogP contribution in [0.3, 0.4) is 0 Å². The largest absolute Gasteiger partial charge is 0.298 e. The molecule has 4 rings (SSSR count). The third-order valence-corrected chi connectivity index (χ3v) is 3.80. The second-order valence-corrected chi connectivity index (χ2v) is 5.13. The van der Waals surface area contributed by atoms with Gasteiger partial charge in [-0.2, -0.15) is 5.26 Å².